The molecule has 0 aliphatic carbocycles. The fourth-order valence-corrected chi connectivity index (χ4v) is 3.34. The minimum Gasteiger partial charge on any atom is -0.411 e. The number of benzene rings is 2. The molecule has 0 spiro atoms. The van der Waals surface area contributed by atoms with Gasteiger partial charge in [-0.3, -0.25) is 9.59 Å². The Labute approximate surface area is 174 Å². The fourth-order valence-electron chi connectivity index (χ4n) is 2.77. The Balaban J connectivity index is 1.56. The van der Waals surface area contributed by atoms with Crippen molar-refractivity contribution in [3.63, 3.8) is 0 Å². The highest BCUT2D eigenvalue weighted by atomic mass is 32.2. The summed E-state index contributed by atoms with van der Waals surface area (Å²) in [5.41, 5.74) is 4.17. The number of ketones is 1. The molecule has 0 fully saturated rings. The molecule has 7 heteroatoms. The van der Waals surface area contributed by atoms with Crippen molar-refractivity contribution in [3.05, 3.63) is 65.2 Å². The number of hydrogen-bond acceptors (Lipinski definition) is 6. The van der Waals surface area contributed by atoms with Gasteiger partial charge in [0.1, 0.15) is 0 Å². The van der Waals surface area contributed by atoms with E-state index in [0.29, 0.717) is 17.5 Å². The third-order valence-corrected chi connectivity index (χ3v) is 5.41. The number of nitrogens with zero attached hydrogens (tertiary/aromatic N) is 2. The molecule has 1 heterocycles. The van der Waals surface area contributed by atoms with Gasteiger partial charge in [-0.25, -0.2) is 0 Å². The molecule has 1 amide bonds. The van der Waals surface area contributed by atoms with Gasteiger partial charge in [-0.2, -0.15) is 0 Å². The van der Waals surface area contributed by atoms with Crippen molar-refractivity contribution in [2.75, 3.05) is 5.75 Å². The van der Waals surface area contributed by atoms with E-state index < -0.39 is 6.04 Å². The van der Waals surface area contributed by atoms with E-state index in [1.54, 1.807) is 0 Å². The van der Waals surface area contributed by atoms with Crippen molar-refractivity contribution in [3.8, 4) is 11.5 Å². The molecule has 29 heavy (non-hydrogen) atoms. The summed E-state index contributed by atoms with van der Waals surface area (Å²) in [4.78, 5) is 24.2. The molecule has 1 atom stereocenters. The highest BCUT2D eigenvalue weighted by Crippen LogP contribution is 2.24. The van der Waals surface area contributed by atoms with E-state index in [1.807, 2.05) is 62.4 Å². The van der Waals surface area contributed by atoms with Crippen molar-refractivity contribution in [1.82, 2.24) is 15.5 Å². The molecule has 1 N–H and O–H groups in total. The van der Waals surface area contributed by atoms with E-state index >= 15 is 0 Å². The summed E-state index contributed by atoms with van der Waals surface area (Å²) in [6.07, 6.45) is 0.462. The van der Waals surface area contributed by atoms with Gasteiger partial charge in [0.25, 0.3) is 5.22 Å². The van der Waals surface area contributed by atoms with Crippen LogP contribution in [0.2, 0.25) is 0 Å². The van der Waals surface area contributed by atoms with Crippen molar-refractivity contribution in [1.29, 1.82) is 0 Å². The smallest absolute Gasteiger partial charge is 0.277 e. The van der Waals surface area contributed by atoms with E-state index in [9.17, 15) is 9.59 Å². The number of hydrogen-bond donors (Lipinski definition) is 1. The number of amides is 1. The summed E-state index contributed by atoms with van der Waals surface area (Å²) in [6, 6.07) is 15.0. The third-order valence-electron chi connectivity index (χ3n) is 4.60. The number of rotatable bonds is 8. The monoisotopic (exact) mass is 409 g/mol. The molecule has 0 bridgehead atoms. The quantitative estimate of drug-likeness (QED) is 0.570. The van der Waals surface area contributed by atoms with E-state index in [0.717, 1.165) is 28.5 Å². The molecule has 3 rings (SSSR count). The van der Waals surface area contributed by atoms with Crippen molar-refractivity contribution in [2.45, 2.75) is 38.5 Å². The number of carbonyl (C=O) groups is 2. The van der Waals surface area contributed by atoms with Crippen molar-refractivity contribution in [2.24, 2.45) is 0 Å². The first kappa shape index (κ1) is 20.8. The molecule has 0 aliphatic rings. The summed E-state index contributed by atoms with van der Waals surface area (Å²) in [5.74, 6) is 0.174. The summed E-state index contributed by atoms with van der Waals surface area (Å²) >= 11 is 1.15. The second-order valence-corrected chi connectivity index (χ2v) is 7.81. The standard InChI is InChI=1S/C22H23N3O3S/c1-14-9-10-18(11-15(14)2)21-24-25-22(28-21)29-13-20(27)23-19(16(3)26)12-17-7-5-4-6-8-17/h4-11,19H,12-13H2,1-3H3,(H,23,27)/t19-/m0/s1. The summed E-state index contributed by atoms with van der Waals surface area (Å²) in [5, 5.41) is 11.2. The first-order valence-corrected chi connectivity index (χ1v) is 10.3. The van der Waals surface area contributed by atoms with Gasteiger partial charge in [0.2, 0.25) is 11.8 Å². The van der Waals surface area contributed by atoms with Gasteiger partial charge in [-0.05, 0) is 56.0 Å². The van der Waals surface area contributed by atoms with Gasteiger partial charge in [0, 0.05) is 5.56 Å². The molecule has 0 saturated carbocycles. The molecule has 3 aromatic rings. The van der Waals surface area contributed by atoms with Gasteiger partial charge < -0.3 is 9.73 Å². The minimum atomic E-state index is -0.556. The van der Waals surface area contributed by atoms with Crippen LogP contribution in [-0.4, -0.2) is 33.7 Å². The Hall–Kier alpha value is -2.93. The van der Waals surface area contributed by atoms with Crippen LogP contribution < -0.4 is 5.32 Å². The number of aryl methyl sites for hydroxylation is 2. The average Bonchev–Trinajstić information content (AvgIpc) is 3.18. The SMILES string of the molecule is CC(=O)[C@H](Cc1ccccc1)NC(=O)CSc1nnc(-c2ccc(C)c(C)c2)o1. The van der Waals surface area contributed by atoms with Gasteiger partial charge in [-0.15, -0.1) is 10.2 Å². The second kappa shape index (κ2) is 9.52. The molecule has 0 radical (unpaired) electrons. The maximum Gasteiger partial charge on any atom is 0.277 e. The first-order chi connectivity index (χ1) is 13.9. The normalized spacial score (nSPS) is 11.8. The Morgan fingerprint density at radius 1 is 1.07 bits per heavy atom. The molecule has 6 nitrogen and oxygen atoms in total. The maximum absolute atomic E-state index is 12.3. The zero-order chi connectivity index (χ0) is 20.8. The van der Waals surface area contributed by atoms with E-state index in [-0.39, 0.29) is 17.4 Å². The molecule has 1 aromatic heterocycles. The molecular weight excluding hydrogens is 386 g/mol. The van der Waals surface area contributed by atoms with E-state index in [1.165, 1.54) is 12.5 Å². The van der Waals surface area contributed by atoms with E-state index in [2.05, 4.69) is 15.5 Å². The third kappa shape index (κ3) is 5.77. The highest BCUT2D eigenvalue weighted by molar-refractivity contribution is 7.99. The Morgan fingerprint density at radius 2 is 1.83 bits per heavy atom. The number of thioether (sulfide) groups is 1. The summed E-state index contributed by atoms with van der Waals surface area (Å²) in [7, 11) is 0. The number of Topliss-reactive ketones (excluding diaryl/α,β-unsaturated/α-hetero) is 1. The van der Waals surface area contributed by atoms with Crippen molar-refractivity contribution >= 4 is 23.5 Å². The lowest BCUT2D eigenvalue weighted by molar-refractivity contribution is -0.125. The van der Waals surface area contributed by atoms with Crippen LogP contribution in [0, 0.1) is 13.8 Å². The molecular formula is C22H23N3O3S. The maximum atomic E-state index is 12.3. The van der Waals surface area contributed by atoms with Gasteiger partial charge in [-0.1, -0.05) is 48.2 Å². The van der Waals surface area contributed by atoms with Crippen LogP contribution in [0.3, 0.4) is 0 Å². The number of carbonyl (C=O) groups excluding carboxylic acids is 2. The van der Waals surface area contributed by atoms with Crippen LogP contribution >= 0.6 is 11.8 Å². The highest BCUT2D eigenvalue weighted by Gasteiger charge is 2.18. The Morgan fingerprint density at radius 3 is 2.52 bits per heavy atom. The van der Waals surface area contributed by atoms with E-state index in [4.69, 9.17) is 4.42 Å². The minimum absolute atomic E-state index is 0.0815. The molecule has 150 valence electrons. The largest absolute Gasteiger partial charge is 0.411 e. The molecule has 0 saturated heterocycles. The van der Waals surface area contributed by atoms with Crippen LogP contribution in [-0.2, 0) is 16.0 Å². The topological polar surface area (TPSA) is 85.1 Å². The average molecular weight is 410 g/mol. The second-order valence-electron chi connectivity index (χ2n) is 6.88. The van der Waals surface area contributed by atoms with Crippen molar-refractivity contribution < 1.29 is 14.0 Å². The Kier molecular flexibility index (Phi) is 6.82. The van der Waals surface area contributed by atoms with Gasteiger partial charge in [0.15, 0.2) is 5.78 Å². The van der Waals surface area contributed by atoms with Crippen LogP contribution in [0.25, 0.3) is 11.5 Å². The first-order valence-electron chi connectivity index (χ1n) is 9.30. The molecule has 0 aliphatic heterocycles. The van der Waals surface area contributed by atoms with Gasteiger partial charge >= 0.3 is 0 Å². The Bertz CT molecular complexity index is 1000. The van der Waals surface area contributed by atoms with Gasteiger partial charge in [0.05, 0.1) is 11.8 Å². The number of nitrogens with one attached hydrogen (secondary N) is 1. The lowest BCUT2D eigenvalue weighted by Gasteiger charge is -2.15. The lowest BCUT2D eigenvalue weighted by Crippen LogP contribution is -2.42. The fraction of sp³-hybridized carbons (Fsp3) is 0.273. The molecule has 0 unspecified atom stereocenters. The number of aromatic nitrogens is 2. The molecule has 2 aromatic carbocycles. The predicted molar refractivity (Wildman–Crippen MR) is 113 cm³/mol. The zero-order valence-corrected chi connectivity index (χ0v) is 17.5. The summed E-state index contributed by atoms with van der Waals surface area (Å²) in [6.45, 7) is 5.55. The lowest BCUT2D eigenvalue weighted by atomic mass is 10.0. The summed E-state index contributed by atoms with van der Waals surface area (Å²) < 4.78 is 5.66. The van der Waals surface area contributed by atoms with Crippen LogP contribution in [0.15, 0.2) is 58.2 Å². The van der Waals surface area contributed by atoms with Crippen LogP contribution in [0.4, 0.5) is 0 Å². The predicted octanol–water partition coefficient (Wildman–Crippen LogP) is 3.76. The van der Waals surface area contributed by atoms with Crippen LogP contribution in [0.1, 0.15) is 23.6 Å². The zero-order valence-electron chi connectivity index (χ0n) is 16.6. The van der Waals surface area contributed by atoms with Crippen LogP contribution in [0.5, 0.6) is 0 Å².